The van der Waals surface area contributed by atoms with Gasteiger partial charge in [-0.3, -0.25) is 0 Å². The Kier molecular flexibility index (Phi) is 3.71. The Balaban J connectivity index is 1.43. The van der Waals surface area contributed by atoms with Gasteiger partial charge in [-0.15, -0.1) is 0 Å². The van der Waals surface area contributed by atoms with Gasteiger partial charge in [0.2, 0.25) is 0 Å². The van der Waals surface area contributed by atoms with Crippen molar-refractivity contribution in [3.63, 3.8) is 0 Å². The summed E-state index contributed by atoms with van der Waals surface area (Å²) in [6.07, 6.45) is 9.95. The molecule has 4 saturated carbocycles. The minimum atomic E-state index is 0.357. The van der Waals surface area contributed by atoms with E-state index in [-0.39, 0.29) is 0 Å². The van der Waals surface area contributed by atoms with Crippen LogP contribution in [0.1, 0.15) is 44.9 Å². The van der Waals surface area contributed by atoms with Crippen molar-refractivity contribution in [2.24, 2.45) is 23.2 Å². The Labute approximate surface area is 109 Å². The summed E-state index contributed by atoms with van der Waals surface area (Å²) >= 11 is 0. The highest BCUT2D eigenvalue weighted by atomic mass is 16.7. The summed E-state index contributed by atoms with van der Waals surface area (Å²) in [5, 5.41) is 0. The molecule has 0 heterocycles. The zero-order valence-corrected chi connectivity index (χ0v) is 11.1. The van der Waals surface area contributed by atoms with Gasteiger partial charge < -0.3 is 14.3 Å². The molecule has 0 aliphatic heterocycles. The highest BCUT2D eigenvalue weighted by Gasteiger charge is 2.50. The lowest BCUT2D eigenvalue weighted by atomic mass is 9.50. The van der Waals surface area contributed by atoms with E-state index in [4.69, 9.17) is 9.47 Å². The molecule has 18 heavy (non-hydrogen) atoms. The van der Waals surface area contributed by atoms with Crippen LogP contribution in [0.3, 0.4) is 0 Å². The van der Waals surface area contributed by atoms with E-state index in [0.717, 1.165) is 30.6 Å². The van der Waals surface area contributed by atoms with E-state index in [1.54, 1.807) is 0 Å². The average molecular weight is 252 g/mol. The van der Waals surface area contributed by atoms with Crippen molar-refractivity contribution in [3.8, 4) is 0 Å². The predicted molar refractivity (Wildman–Crippen MR) is 68.1 cm³/mol. The first kappa shape index (κ1) is 12.6. The molecule has 0 radical (unpaired) electrons. The molecule has 102 valence electrons. The second-order valence-electron chi connectivity index (χ2n) is 6.75. The van der Waals surface area contributed by atoms with Gasteiger partial charge in [-0.25, -0.2) is 0 Å². The number of rotatable bonds is 7. The van der Waals surface area contributed by atoms with Crippen LogP contribution in [0, 0.1) is 23.2 Å². The highest BCUT2D eigenvalue weighted by molar-refractivity contribution is 5.49. The predicted octanol–water partition coefficient (Wildman–Crippen LogP) is 2.78. The quantitative estimate of drug-likeness (QED) is 0.397. The summed E-state index contributed by atoms with van der Waals surface area (Å²) in [6, 6.07) is 0. The topological polar surface area (TPSA) is 35.5 Å². The molecule has 3 nitrogen and oxygen atoms in total. The number of aldehydes is 1. The zero-order valence-electron chi connectivity index (χ0n) is 11.1. The molecule has 4 aliphatic rings. The van der Waals surface area contributed by atoms with Crippen molar-refractivity contribution >= 4 is 6.29 Å². The molecule has 4 bridgehead atoms. The van der Waals surface area contributed by atoms with Crippen LogP contribution in [0.2, 0.25) is 0 Å². The number of carbonyl (C=O) groups is 1. The largest absolute Gasteiger partial charge is 0.355 e. The van der Waals surface area contributed by atoms with Gasteiger partial charge in [-0.1, -0.05) is 0 Å². The van der Waals surface area contributed by atoms with Crippen molar-refractivity contribution in [1.29, 1.82) is 0 Å². The van der Waals surface area contributed by atoms with Crippen LogP contribution < -0.4 is 0 Å². The van der Waals surface area contributed by atoms with E-state index in [2.05, 4.69) is 0 Å². The monoisotopic (exact) mass is 252 g/mol. The average Bonchev–Trinajstić information content (AvgIpc) is 2.32. The van der Waals surface area contributed by atoms with Gasteiger partial charge in [0, 0.05) is 6.42 Å². The van der Waals surface area contributed by atoms with Gasteiger partial charge in [-0.2, -0.15) is 0 Å². The molecule has 0 amide bonds. The number of carbonyl (C=O) groups excluding carboxylic acids is 1. The molecular weight excluding hydrogens is 228 g/mol. The molecule has 0 saturated heterocycles. The lowest BCUT2D eigenvalue weighted by molar-refractivity contribution is -0.135. The molecule has 0 atom stereocenters. The van der Waals surface area contributed by atoms with Crippen LogP contribution in [0.5, 0.6) is 0 Å². The van der Waals surface area contributed by atoms with Crippen LogP contribution in [0.25, 0.3) is 0 Å². The number of ether oxygens (including phenoxy) is 2. The third-order valence-electron chi connectivity index (χ3n) is 5.12. The van der Waals surface area contributed by atoms with E-state index in [1.807, 2.05) is 0 Å². The molecule has 0 aromatic rings. The zero-order chi connectivity index (χ0) is 12.4. The minimum Gasteiger partial charge on any atom is -0.355 e. The fraction of sp³-hybridized carbons (Fsp3) is 0.933. The van der Waals surface area contributed by atoms with Crippen LogP contribution in [0.4, 0.5) is 0 Å². The Morgan fingerprint density at radius 2 is 1.61 bits per heavy atom. The molecule has 3 heteroatoms. The maximum atomic E-state index is 10.1. The second kappa shape index (κ2) is 5.30. The summed E-state index contributed by atoms with van der Waals surface area (Å²) in [5.74, 6) is 2.95. The van der Waals surface area contributed by atoms with Crippen LogP contribution >= 0.6 is 0 Å². The Hall–Kier alpha value is -0.410. The van der Waals surface area contributed by atoms with E-state index in [1.165, 1.54) is 38.5 Å². The second-order valence-corrected chi connectivity index (χ2v) is 6.75. The fourth-order valence-corrected chi connectivity index (χ4v) is 4.97. The molecule has 4 fully saturated rings. The first-order valence-electron chi connectivity index (χ1n) is 7.39. The third-order valence-corrected chi connectivity index (χ3v) is 5.12. The first-order chi connectivity index (χ1) is 8.80. The van der Waals surface area contributed by atoms with Gasteiger partial charge >= 0.3 is 0 Å². The van der Waals surface area contributed by atoms with E-state index < -0.39 is 0 Å². The molecule has 0 spiro atoms. The van der Waals surface area contributed by atoms with E-state index >= 15 is 0 Å². The lowest BCUT2D eigenvalue weighted by Gasteiger charge is -2.56. The SMILES string of the molecule is O=CCCOCOCC12CC3CC(CC(C3)C1)C2. The molecule has 0 aromatic carbocycles. The summed E-state index contributed by atoms with van der Waals surface area (Å²) in [5.41, 5.74) is 0.475. The van der Waals surface area contributed by atoms with Crippen molar-refractivity contribution in [3.05, 3.63) is 0 Å². The van der Waals surface area contributed by atoms with E-state index in [0.29, 0.717) is 25.2 Å². The molecular formula is C15H24O3. The lowest BCUT2D eigenvalue weighted by Crippen LogP contribution is -2.48. The number of hydrogen-bond acceptors (Lipinski definition) is 3. The fourth-order valence-electron chi connectivity index (χ4n) is 4.97. The number of hydrogen-bond donors (Lipinski definition) is 0. The van der Waals surface area contributed by atoms with Crippen molar-refractivity contribution in [2.75, 3.05) is 20.0 Å². The smallest absolute Gasteiger partial charge is 0.146 e. The maximum Gasteiger partial charge on any atom is 0.146 e. The normalized spacial score (nSPS) is 41.2. The van der Waals surface area contributed by atoms with Crippen molar-refractivity contribution in [1.82, 2.24) is 0 Å². The molecule has 4 aliphatic carbocycles. The third kappa shape index (κ3) is 2.62. The van der Waals surface area contributed by atoms with Gasteiger partial charge in [-0.05, 0) is 61.7 Å². The Morgan fingerprint density at radius 3 is 2.17 bits per heavy atom. The van der Waals surface area contributed by atoms with Crippen molar-refractivity contribution in [2.45, 2.75) is 44.9 Å². The van der Waals surface area contributed by atoms with E-state index in [9.17, 15) is 4.79 Å². The van der Waals surface area contributed by atoms with Crippen LogP contribution in [0.15, 0.2) is 0 Å². The van der Waals surface area contributed by atoms with Gasteiger partial charge in [0.15, 0.2) is 0 Å². The first-order valence-corrected chi connectivity index (χ1v) is 7.39. The van der Waals surface area contributed by atoms with Gasteiger partial charge in [0.1, 0.15) is 13.1 Å². The molecule has 0 aromatic heterocycles. The molecule has 0 N–H and O–H groups in total. The van der Waals surface area contributed by atoms with Crippen LogP contribution in [-0.2, 0) is 14.3 Å². The highest BCUT2D eigenvalue weighted by Crippen LogP contribution is 2.59. The summed E-state index contributed by atoms with van der Waals surface area (Å²) in [6.45, 7) is 1.72. The Bertz CT molecular complexity index is 265. The van der Waals surface area contributed by atoms with Gasteiger partial charge in [0.25, 0.3) is 0 Å². The maximum absolute atomic E-state index is 10.1. The summed E-state index contributed by atoms with van der Waals surface area (Å²) in [4.78, 5) is 10.1. The Morgan fingerprint density at radius 1 is 1.00 bits per heavy atom. The standard InChI is InChI=1S/C15H24O3/c16-2-1-3-17-11-18-10-15-7-12-4-13(8-15)6-14(5-12)9-15/h2,12-14H,1,3-11H2. The van der Waals surface area contributed by atoms with Crippen molar-refractivity contribution < 1.29 is 14.3 Å². The van der Waals surface area contributed by atoms with Crippen LogP contribution in [-0.4, -0.2) is 26.3 Å². The summed E-state index contributed by atoms with van der Waals surface area (Å²) in [7, 11) is 0. The van der Waals surface area contributed by atoms with Gasteiger partial charge in [0.05, 0.1) is 13.2 Å². The minimum absolute atomic E-state index is 0.357. The summed E-state index contributed by atoms with van der Waals surface area (Å²) < 4.78 is 11.0. The molecule has 4 rings (SSSR count). The molecule has 0 unspecified atom stereocenters.